The summed E-state index contributed by atoms with van der Waals surface area (Å²) >= 11 is 0. The third kappa shape index (κ3) is 3.55. The summed E-state index contributed by atoms with van der Waals surface area (Å²) in [5, 5.41) is 11.9. The molecule has 0 amide bonds. The van der Waals surface area contributed by atoms with Crippen LogP contribution >= 0.6 is 0 Å². The first-order valence-corrected chi connectivity index (χ1v) is 7.03. The lowest BCUT2D eigenvalue weighted by atomic mass is 9.75. The highest BCUT2D eigenvalue weighted by atomic mass is 19.1. The summed E-state index contributed by atoms with van der Waals surface area (Å²) in [6.45, 7) is 4.68. The minimum absolute atomic E-state index is 0.0168. The third-order valence-electron chi connectivity index (χ3n) is 4.18. The van der Waals surface area contributed by atoms with E-state index in [2.05, 4.69) is 19.2 Å². The molecule has 1 N–H and O–H groups in total. The Balaban J connectivity index is 1.97. The van der Waals surface area contributed by atoms with Crippen LogP contribution in [0.5, 0.6) is 0 Å². The molecule has 1 aliphatic rings. The lowest BCUT2D eigenvalue weighted by molar-refractivity contribution is 0.205. The van der Waals surface area contributed by atoms with Crippen molar-refractivity contribution in [1.82, 2.24) is 5.32 Å². The quantitative estimate of drug-likeness (QED) is 0.910. The van der Waals surface area contributed by atoms with Crippen molar-refractivity contribution in [3.63, 3.8) is 0 Å². The van der Waals surface area contributed by atoms with E-state index in [9.17, 15) is 8.78 Å². The van der Waals surface area contributed by atoms with E-state index in [0.717, 1.165) is 37.8 Å². The lowest BCUT2D eigenvalue weighted by Gasteiger charge is -2.34. The van der Waals surface area contributed by atoms with Gasteiger partial charge in [-0.1, -0.05) is 13.8 Å². The molecule has 1 aromatic rings. The predicted molar refractivity (Wildman–Crippen MR) is 73.9 cm³/mol. The normalized spacial score (nSPS) is 18.8. The van der Waals surface area contributed by atoms with Crippen molar-refractivity contribution in [3.8, 4) is 6.07 Å². The van der Waals surface area contributed by atoms with Crippen LogP contribution in [0.4, 0.5) is 8.78 Å². The molecule has 0 radical (unpaired) electrons. The summed E-state index contributed by atoms with van der Waals surface area (Å²) in [5.74, 6) is -1.30. The van der Waals surface area contributed by atoms with Crippen molar-refractivity contribution in [2.24, 2.45) is 5.41 Å². The van der Waals surface area contributed by atoms with Crippen LogP contribution in [-0.4, -0.2) is 6.04 Å². The Kier molecular flexibility index (Phi) is 4.39. The smallest absolute Gasteiger partial charge is 0.131 e. The molecular weight excluding hydrogens is 258 g/mol. The highest BCUT2D eigenvalue weighted by molar-refractivity contribution is 5.34. The molecule has 20 heavy (non-hydrogen) atoms. The van der Waals surface area contributed by atoms with Crippen LogP contribution in [0.25, 0.3) is 0 Å². The van der Waals surface area contributed by atoms with Gasteiger partial charge in [-0.05, 0) is 43.2 Å². The number of hydrogen-bond acceptors (Lipinski definition) is 2. The first-order chi connectivity index (χ1) is 9.41. The molecule has 108 valence electrons. The zero-order valence-electron chi connectivity index (χ0n) is 12.0. The van der Waals surface area contributed by atoms with E-state index in [0.29, 0.717) is 11.5 Å². The molecule has 1 aliphatic carbocycles. The zero-order valence-corrected chi connectivity index (χ0v) is 12.0. The summed E-state index contributed by atoms with van der Waals surface area (Å²) < 4.78 is 27.5. The van der Waals surface area contributed by atoms with E-state index < -0.39 is 11.6 Å². The van der Waals surface area contributed by atoms with E-state index in [4.69, 9.17) is 5.26 Å². The van der Waals surface area contributed by atoms with Gasteiger partial charge in [0.15, 0.2) is 0 Å². The molecule has 0 atom stereocenters. The minimum Gasteiger partial charge on any atom is -0.310 e. The second-order valence-corrected chi connectivity index (χ2v) is 6.35. The van der Waals surface area contributed by atoms with Gasteiger partial charge in [0.05, 0.1) is 11.6 Å². The molecule has 0 saturated heterocycles. The summed E-state index contributed by atoms with van der Waals surface area (Å²) in [4.78, 5) is 0. The van der Waals surface area contributed by atoms with Gasteiger partial charge in [0.1, 0.15) is 11.6 Å². The lowest BCUT2D eigenvalue weighted by Crippen LogP contribution is -2.35. The Hall–Kier alpha value is -1.47. The van der Waals surface area contributed by atoms with Crippen molar-refractivity contribution in [2.75, 3.05) is 0 Å². The second kappa shape index (κ2) is 5.88. The molecule has 0 unspecified atom stereocenters. The fourth-order valence-corrected chi connectivity index (χ4v) is 2.69. The number of benzene rings is 1. The van der Waals surface area contributed by atoms with Crippen LogP contribution in [0.2, 0.25) is 0 Å². The zero-order chi connectivity index (χ0) is 14.8. The minimum atomic E-state index is -0.648. The van der Waals surface area contributed by atoms with Crippen LogP contribution in [-0.2, 0) is 6.54 Å². The number of nitrogens with one attached hydrogen (secondary N) is 1. The Morgan fingerprint density at radius 1 is 1.25 bits per heavy atom. The average Bonchev–Trinajstić information content (AvgIpc) is 2.39. The fourth-order valence-electron chi connectivity index (χ4n) is 2.69. The Morgan fingerprint density at radius 3 is 2.30 bits per heavy atom. The van der Waals surface area contributed by atoms with Gasteiger partial charge in [0.2, 0.25) is 0 Å². The largest absolute Gasteiger partial charge is 0.310 e. The van der Waals surface area contributed by atoms with Crippen LogP contribution in [0.3, 0.4) is 0 Å². The Morgan fingerprint density at radius 2 is 1.80 bits per heavy atom. The number of hydrogen-bond donors (Lipinski definition) is 1. The molecule has 1 saturated carbocycles. The third-order valence-corrected chi connectivity index (χ3v) is 4.18. The van der Waals surface area contributed by atoms with E-state index in [1.165, 1.54) is 0 Å². The molecule has 0 spiro atoms. The summed E-state index contributed by atoms with van der Waals surface area (Å²) in [6.07, 6.45) is 4.32. The Labute approximate surface area is 118 Å². The summed E-state index contributed by atoms with van der Waals surface area (Å²) in [7, 11) is 0. The fraction of sp³-hybridized carbons (Fsp3) is 0.562. The van der Waals surface area contributed by atoms with Gasteiger partial charge in [0, 0.05) is 18.2 Å². The van der Waals surface area contributed by atoms with Crippen LogP contribution in [0.15, 0.2) is 12.1 Å². The van der Waals surface area contributed by atoms with Gasteiger partial charge >= 0.3 is 0 Å². The van der Waals surface area contributed by atoms with Crippen molar-refractivity contribution >= 4 is 0 Å². The molecule has 0 heterocycles. The molecule has 0 bridgehead atoms. The molecular formula is C16H20F2N2. The predicted octanol–water partition coefficient (Wildman–Crippen LogP) is 3.89. The van der Waals surface area contributed by atoms with Crippen LogP contribution in [0, 0.1) is 28.4 Å². The monoisotopic (exact) mass is 278 g/mol. The first kappa shape index (κ1) is 14.9. The number of nitriles is 1. The van der Waals surface area contributed by atoms with E-state index >= 15 is 0 Å². The van der Waals surface area contributed by atoms with Crippen molar-refractivity contribution in [1.29, 1.82) is 5.26 Å². The first-order valence-electron chi connectivity index (χ1n) is 7.03. The molecule has 0 aromatic heterocycles. The maximum absolute atomic E-state index is 13.7. The van der Waals surface area contributed by atoms with Crippen molar-refractivity contribution < 1.29 is 8.78 Å². The van der Waals surface area contributed by atoms with Gasteiger partial charge in [-0.3, -0.25) is 0 Å². The Bertz CT molecular complexity index is 499. The highest BCUT2D eigenvalue weighted by Crippen LogP contribution is 2.35. The van der Waals surface area contributed by atoms with E-state index in [1.807, 2.05) is 0 Å². The van der Waals surface area contributed by atoms with E-state index in [-0.39, 0.29) is 17.7 Å². The van der Waals surface area contributed by atoms with Crippen LogP contribution in [0.1, 0.15) is 50.7 Å². The average molecular weight is 278 g/mol. The number of nitrogens with zero attached hydrogens (tertiary/aromatic N) is 1. The van der Waals surface area contributed by atoms with Crippen molar-refractivity contribution in [2.45, 2.75) is 52.1 Å². The summed E-state index contributed by atoms with van der Waals surface area (Å²) in [6, 6.07) is 4.24. The molecule has 1 aromatic carbocycles. The molecule has 2 nitrogen and oxygen atoms in total. The maximum atomic E-state index is 13.7. The highest BCUT2D eigenvalue weighted by Gasteiger charge is 2.26. The number of halogens is 2. The summed E-state index contributed by atoms with van der Waals surface area (Å²) in [5.41, 5.74) is 0.417. The molecule has 4 heteroatoms. The van der Waals surface area contributed by atoms with Gasteiger partial charge in [-0.2, -0.15) is 5.26 Å². The van der Waals surface area contributed by atoms with Gasteiger partial charge < -0.3 is 5.32 Å². The van der Waals surface area contributed by atoms with Crippen molar-refractivity contribution in [3.05, 3.63) is 34.9 Å². The standard InChI is InChI=1S/C16H20F2N2/c1-16(2)5-3-12(4-6-16)20-10-13-14(17)7-11(9-19)8-15(13)18/h7-8,12,20H,3-6,10H2,1-2H3. The SMILES string of the molecule is CC1(C)CCC(NCc2c(F)cc(C#N)cc2F)CC1. The maximum Gasteiger partial charge on any atom is 0.131 e. The molecule has 2 rings (SSSR count). The van der Waals surface area contributed by atoms with Crippen LogP contribution < -0.4 is 5.32 Å². The molecule has 0 aliphatic heterocycles. The van der Waals surface area contributed by atoms with Gasteiger partial charge in [-0.25, -0.2) is 8.78 Å². The van der Waals surface area contributed by atoms with E-state index in [1.54, 1.807) is 6.07 Å². The number of rotatable bonds is 3. The topological polar surface area (TPSA) is 35.8 Å². The van der Waals surface area contributed by atoms with Gasteiger partial charge in [-0.15, -0.1) is 0 Å². The van der Waals surface area contributed by atoms with Gasteiger partial charge in [0.25, 0.3) is 0 Å². The molecule has 1 fully saturated rings. The second-order valence-electron chi connectivity index (χ2n) is 6.35.